The lowest BCUT2D eigenvalue weighted by Gasteiger charge is -2.09. The predicted octanol–water partition coefficient (Wildman–Crippen LogP) is 4.46. The Bertz CT molecular complexity index is 1080. The number of nitrogens with one attached hydrogen (secondary N) is 2. The van der Waals surface area contributed by atoms with E-state index in [2.05, 4.69) is 20.8 Å². The highest BCUT2D eigenvalue weighted by Gasteiger charge is 2.19. The molecule has 0 aliphatic carbocycles. The van der Waals surface area contributed by atoms with Crippen molar-refractivity contribution in [2.75, 3.05) is 23.5 Å². The van der Waals surface area contributed by atoms with Crippen molar-refractivity contribution in [2.45, 2.75) is 4.34 Å². The fourth-order valence-corrected chi connectivity index (χ4v) is 4.00. The number of rotatable bonds is 7. The van der Waals surface area contributed by atoms with E-state index in [1.165, 1.54) is 7.11 Å². The first kappa shape index (κ1) is 21.9. The van der Waals surface area contributed by atoms with Crippen LogP contribution in [0.1, 0.15) is 10.4 Å². The third-order valence-corrected chi connectivity index (χ3v) is 5.79. The number of carbonyl (C=O) groups is 2. The van der Waals surface area contributed by atoms with E-state index in [1.54, 1.807) is 18.2 Å². The molecular weight excluding hydrogens is 458 g/mol. The zero-order valence-corrected chi connectivity index (χ0v) is 17.6. The van der Waals surface area contributed by atoms with E-state index in [0.717, 1.165) is 41.3 Å². The van der Waals surface area contributed by atoms with Crippen LogP contribution in [-0.2, 0) is 4.79 Å². The van der Waals surface area contributed by atoms with E-state index >= 15 is 0 Å². The fraction of sp³-hybridized carbons (Fsp3) is 0.111. The molecule has 3 rings (SSSR count). The molecule has 0 unspecified atom stereocenters. The van der Waals surface area contributed by atoms with Crippen molar-refractivity contribution < 1.29 is 23.1 Å². The zero-order valence-electron chi connectivity index (χ0n) is 15.2. The van der Waals surface area contributed by atoms with Crippen molar-refractivity contribution in [3.63, 3.8) is 0 Å². The smallest absolute Gasteiger partial charge is 0.263 e. The lowest BCUT2D eigenvalue weighted by molar-refractivity contribution is -0.113. The normalized spacial score (nSPS) is 10.5. The monoisotopic (exact) mass is 470 g/mol. The Kier molecular flexibility index (Phi) is 7.19. The molecule has 0 bridgehead atoms. The van der Waals surface area contributed by atoms with Gasteiger partial charge in [-0.1, -0.05) is 40.8 Å². The molecule has 0 spiro atoms. The van der Waals surface area contributed by atoms with E-state index < -0.39 is 23.1 Å². The number of anilines is 2. The van der Waals surface area contributed by atoms with Crippen molar-refractivity contribution in [2.24, 2.45) is 0 Å². The highest BCUT2D eigenvalue weighted by atomic mass is 35.5. The molecule has 0 saturated carbocycles. The van der Waals surface area contributed by atoms with Crippen LogP contribution in [0.4, 0.5) is 19.6 Å². The van der Waals surface area contributed by atoms with Gasteiger partial charge in [-0.2, -0.15) is 0 Å². The Morgan fingerprint density at radius 1 is 1.17 bits per heavy atom. The Morgan fingerprint density at radius 2 is 1.90 bits per heavy atom. The summed E-state index contributed by atoms with van der Waals surface area (Å²) in [5.74, 6) is -2.84. The van der Waals surface area contributed by atoms with Crippen LogP contribution in [0.15, 0.2) is 40.7 Å². The number of thioether (sulfide) groups is 1. The summed E-state index contributed by atoms with van der Waals surface area (Å²) in [7, 11) is 1.47. The molecular formula is C18H13ClF2N4O3S2. The molecule has 2 amide bonds. The van der Waals surface area contributed by atoms with Gasteiger partial charge in [-0.3, -0.25) is 14.9 Å². The van der Waals surface area contributed by atoms with Gasteiger partial charge in [-0.15, -0.1) is 10.2 Å². The molecule has 0 atom stereocenters. The van der Waals surface area contributed by atoms with E-state index in [9.17, 15) is 18.4 Å². The Balaban J connectivity index is 1.58. The molecule has 0 fully saturated rings. The quantitative estimate of drug-likeness (QED) is 0.391. The highest BCUT2D eigenvalue weighted by molar-refractivity contribution is 8.01. The first-order valence-corrected chi connectivity index (χ1v) is 10.4. The second kappa shape index (κ2) is 9.83. The molecule has 156 valence electrons. The van der Waals surface area contributed by atoms with Gasteiger partial charge < -0.3 is 10.1 Å². The second-order valence-corrected chi connectivity index (χ2v) is 8.24. The maximum atomic E-state index is 13.7. The molecule has 0 radical (unpaired) electrons. The van der Waals surface area contributed by atoms with E-state index in [-0.39, 0.29) is 16.8 Å². The molecule has 1 heterocycles. The number of ether oxygens (including phenoxy) is 1. The summed E-state index contributed by atoms with van der Waals surface area (Å²) in [6.45, 7) is 0. The van der Waals surface area contributed by atoms with Gasteiger partial charge in [-0.05, 0) is 30.3 Å². The van der Waals surface area contributed by atoms with Crippen molar-refractivity contribution in [3.8, 4) is 5.75 Å². The maximum absolute atomic E-state index is 13.7. The van der Waals surface area contributed by atoms with Gasteiger partial charge in [0.2, 0.25) is 11.0 Å². The summed E-state index contributed by atoms with van der Waals surface area (Å²) in [5.41, 5.74) is -0.288. The standard InChI is InChI=1S/C18H13ClF2N4O3S2/c1-28-13-6-5-9(19)7-12(13)22-14(26)8-29-18-25-24-17(30-18)23-16(27)15-10(20)3-2-4-11(15)21/h2-7H,8H2,1H3,(H,22,26)(H,23,24,27). The van der Waals surface area contributed by atoms with Gasteiger partial charge in [0.15, 0.2) is 4.34 Å². The highest BCUT2D eigenvalue weighted by Crippen LogP contribution is 2.29. The SMILES string of the molecule is COc1ccc(Cl)cc1NC(=O)CSc1nnc(NC(=O)c2c(F)cccc2F)s1. The Hall–Kier alpha value is -2.76. The van der Waals surface area contributed by atoms with Crippen LogP contribution in [0.25, 0.3) is 0 Å². The first-order chi connectivity index (χ1) is 14.4. The van der Waals surface area contributed by atoms with E-state index in [0.29, 0.717) is 20.8 Å². The second-order valence-electron chi connectivity index (χ2n) is 5.61. The lowest BCUT2D eigenvalue weighted by Crippen LogP contribution is -2.15. The van der Waals surface area contributed by atoms with Crippen LogP contribution < -0.4 is 15.4 Å². The van der Waals surface area contributed by atoms with Gasteiger partial charge in [-0.25, -0.2) is 8.78 Å². The summed E-state index contributed by atoms with van der Waals surface area (Å²) in [5, 5.41) is 13.0. The van der Waals surface area contributed by atoms with Gasteiger partial charge in [0.05, 0.1) is 18.6 Å². The minimum atomic E-state index is -0.986. The molecule has 7 nitrogen and oxygen atoms in total. The number of halogens is 3. The van der Waals surface area contributed by atoms with E-state index in [1.807, 2.05) is 0 Å². The van der Waals surface area contributed by atoms with Crippen LogP contribution in [0.2, 0.25) is 5.02 Å². The van der Waals surface area contributed by atoms with Crippen LogP contribution >= 0.6 is 34.7 Å². The number of methoxy groups -OCH3 is 1. The lowest BCUT2D eigenvalue weighted by atomic mass is 10.2. The van der Waals surface area contributed by atoms with Crippen LogP contribution in [0.3, 0.4) is 0 Å². The third-order valence-electron chi connectivity index (χ3n) is 3.58. The Morgan fingerprint density at radius 3 is 2.60 bits per heavy atom. The molecule has 0 aliphatic rings. The van der Waals surface area contributed by atoms with Crippen molar-refractivity contribution in [1.29, 1.82) is 0 Å². The molecule has 0 saturated heterocycles. The number of carbonyl (C=O) groups excluding carboxylic acids is 2. The zero-order chi connectivity index (χ0) is 21.7. The van der Waals surface area contributed by atoms with Crippen molar-refractivity contribution in [1.82, 2.24) is 10.2 Å². The fourth-order valence-electron chi connectivity index (χ4n) is 2.28. The number of aromatic nitrogens is 2. The molecule has 0 aliphatic heterocycles. The summed E-state index contributed by atoms with van der Waals surface area (Å²) >= 11 is 7.97. The average molecular weight is 471 g/mol. The maximum Gasteiger partial charge on any atom is 0.263 e. The van der Waals surface area contributed by atoms with Gasteiger partial charge in [0.25, 0.3) is 5.91 Å². The number of hydrogen-bond donors (Lipinski definition) is 2. The molecule has 2 aromatic carbocycles. The summed E-state index contributed by atoms with van der Waals surface area (Å²) < 4.78 is 32.9. The van der Waals surface area contributed by atoms with Crippen LogP contribution in [0.5, 0.6) is 5.75 Å². The molecule has 3 aromatic rings. The average Bonchev–Trinajstić information content (AvgIpc) is 3.14. The number of hydrogen-bond acceptors (Lipinski definition) is 7. The summed E-state index contributed by atoms with van der Waals surface area (Å²) in [6, 6.07) is 7.94. The Labute approximate surface area is 182 Å². The largest absolute Gasteiger partial charge is 0.495 e. The molecule has 1 aromatic heterocycles. The van der Waals surface area contributed by atoms with Crippen molar-refractivity contribution in [3.05, 3.63) is 58.6 Å². The van der Waals surface area contributed by atoms with Gasteiger partial charge >= 0.3 is 0 Å². The number of benzene rings is 2. The topological polar surface area (TPSA) is 93.2 Å². The number of nitrogens with zero attached hydrogens (tertiary/aromatic N) is 2. The number of amides is 2. The minimum Gasteiger partial charge on any atom is -0.495 e. The summed E-state index contributed by atoms with van der Waals surface area (Å²) in [6.07, 6.45) is 0. The van der Waals surface area contributed by atoms with Crippen LogP contribution in [-0.4, -0.2) is 34.9 Å². The van der Waals surface area contributed by atoms with Crippen molar-refractivity contribution >= 4 is 57.3 Å². The first-order valence-electron chi connectivity index (χ1n) is 8.22. The van der Waals surface area contributed by atoms with E-state index in [4.69, 9.17) is 16.3 Å². The van der Waals surface area contributed by atoms with Gasteiger partial charge in [0, 0.05) is 5.02 Å². The predicted molar refractivity (Wildman–Crippen MR) is 112 cm³/mol. The molecule has 30 heavy (non-hydrogen) atoms. The molecule has 12 heteroatoms. The summed E-state index contributed by atoms with van der Waals surface area (Å²) in [4.78, 5) is 24.3. The van der Waals surface area contributed by atoms with Gasteiger partial charge in [0.1, 0.15) is 22.9 Å². The third kappa shape index (κ3) is 5.43. The molecule has 2 N–H and O–H groups in total. The van der Waals surface area contributed by atoms with Crippen LogP contribution in [0, 0.1) is 11.6 Å². The minimum absolute atomic E-state index is 0.000187.